The van der Waals surface area contributed by atoms with Crippen molar-refractivity contribution in [2.75, 3.05) is 14.1 Å². The van der Waals surface area contributed by atoms with Crippen LogP contribution in [0.3, 0.4) is 0 Å². The zero-order valence-corrected chi connectivity index (χ0v) is 10.4. The Kier molecular flexibility index (Phi) is 3.95. The first kappa shape index (κ1) is 12.9. The van der Waals surface area contributed by atoms with Crippen LogP contribution in [0.4, 0.5) is 0 Å². The van der Waals surface area contributed by atoms with Crippen molar-refractivity contribution >= 4 is 0 Å². The predicted molar refractivity (Wildman–Crippen MR) is 58.3 cm³/mol. The van der Waals surface area contributed by atoms with Gasteiger partial charge in [0.15, 0.2) is 0 Å². The lowest BCUT2D eigenvalue weighted by Gasteiger charge is -2.38. The fourth-order valence-electron chi connectivity index (χ4n) is 0.525. The van der Waals surface area contributed by atoms with Crippen LogP contribution in [0.1, 0.15) is 41.5 Å². The van der Waals surface area contributed by atoms with E-state index in [1.54, 1.807) is 0 Å². The molecular weight excluding hydrogens is 160 g/mol. The second-order valence-corrected chi connectivity index (χ2v) is 5.56. The van der Waals surface area contributed by atoms with Crippen LogP contribution in [-0.2, 0) is 0 Å². The molecule has 13 heavy (non-hydrogen) atoms. The van der Waals surface area contributed by atoms with Gasteiger partial charge in [0, 0.05) is 11.1 Å². The zero-order chi connectivity index (χ0) is 10.9. The molecule has 0 aliphatic rings. The van der Waals surface area contributed by atoms with Gasteiger partial charge in [-0.1, -0.05) is 0 Å². The molecule has 0 aromatic heterocycles. The van der Waals surface area contributed by atoms with Gasteiger partial charge in [-0.05, 0) is 55.6 Å². The first-order valence-electron chi connectivity index (χ1n) is 4.79. The van der Waals surface area contributed by atoms with Crippen LogP contribution in [0.15, 0.2) is 0 Å². The largest absolute Gasteiger partial charge is 0.278 e. The molecule has 0 N–H and O–H groups in total. The number of rotatable bonds is 2. The van der Waals surface area contributed by atoms with Gasteiger partial charge in [0.25, 0.3) is 0 Å². The highest BCUT2D eigenvalue weighted by atomic mass is 15.3. The third-order valence-electron chi connectivity index (χ3n) is 2.31. The van der Waals surface area contributed by atoms with E-state index < -0.39 is 0 Å². The lowest BCUT2D eigenvalue weighted by molar-refractivity contribution is 0.103. The summed E-state index contributed by atoms with van der Waals surface area (Å²) in [7, 11) is 4.12. The first-order chi connectivity index (χ1) is 5.55. The summed E-state index contributed by atoms with van der Waals surface area (Å²) in [5.74, 6) is 0. The minimum atomic E-state index is 0.138. The summed E-state index contributed by atoms with van der Waals surface area (Å²) in [6.45, 7) is 16.4. The van der Waals surface area contributed by atoms with Gasteiger partial charge in [-0.3, -0.25) is 9.80 Å². The van der Waals surface area contributed by atoms with Crippen LogP contribution in [-0.4, -0.2) is 35.0 Å². The molecule has 78 valence electrons. The van der Waals surface area contributed by atoms with E-state index in [1.807, 2.05) is 0 Å². The molecule has 0 aromatic carbocycles. The van der Waals surface area contributed by atoms with E-state index in [0.29, 0.717) is 0 Å². The summed E-state index contributed by atoms with van der Waals surface area (Å²) < 4.78 is 0. The standard InChI is InChI=1S/C11H24N2/c1-10(2,3)12(7)9-13(8)11(4,5)6/h1-8H3. The van der Waals surface area contributed by atoms with Gasteiger partial charge in [0.2, 0.25) is 0 Å². The van der Waals surface area contributed by atoms with Gasteiger partial charge in [-0.25, -0.2) is 0 Å². The number of hydrogen-bond donors (Lipinski definition) is 0. The molecular formula is C11H24N2. The van der Waals surface area contributed by atoms with Gasteiger partial charge in [0.1, 0.15) is 6.67 Å². The van der Waals surface area contributed by atoms with Crippen molar-refractivity contribution in [3.8, 4) is 0 Å². The zero-order valence-electron chi connectivity index (χ0n) is 10.4. The Morgan fingerprint density at radius 3 is 1.08 bits per heavy atom. The van der Waals surface area contributed by atoms with Gasteiger partial charge in [-0.15, -0.1) is 0 Å². The van der Waals surface area contributed by atoms with Crippen molar-refractivity contribution in [2.45, 2.75) is 52.6 Å². The fourth-order valence-corrected chi connectivity index (χ4v) is 0.525. The van der Waals surface area contributed by atoms with E-state index in [-0.39, 0.29) is 11.1 Å². The van der Waals surface area contributed by atoms with E-state index in [0.717, 1.165) is 0 Å². The quantitative estimate of drug-likeness (QED) is 0.608. The normalized spacial score (nSPS) is 14.3. The lowest BCUT2D eigenvalue weighted by Crippen LogP contribution is -2.46. The summed E-state index contributed by atoms with van der Waals surface area (Å²) in [4.78, 5) is 4.22. The molecule has 0 spiro atoms. The topological polar surface area (TPSA) is 6.48 Å². The molecule has 2 radical (unpaired) electrons. The number of hydrogen-bond acceptors (Lipinski definition) is 2. The van der Waals surface area contributed by atoms with Crippen molar-refractivity contribution in [3.05, 3.63) is 6.67 Å². The molecule has 0 rings (SSSR count). The molecule has 0 aromatic rings. The highest BCUT2D eigenvalue weighted by molar-refractivity contribution is 4.83. The van der Waals surface area contributed by atoms with Gasteiger partial charge >= 0.3 is 0 Å². The Labute approximate surface area is 83.9 Å². The Balaban J connectivity index is 4.15. The third kappa shape index (κ3) is 4.63. The van der Waals surface area contributed by atoms with Crippen LogP contribution in [0.25, 0.3) is 0 Å². The summed E-state index contributed by atoms with van der Waals surface area (Å²) >= 11 is 0. The first-order valence-corrected chi connectivity index (χ1v) is 4.79. The highest BCUT2D eigenvalue weighted by Gasteiger charge is 2.24. The molecule has 0 unspecified atom stereocenters. The van der Waals surface area contributed by atoms with E-state index >= 15 is 0 Å². The smallest absolute Gasteiger partial charge is 0.146 e. The molecule has 0 amide bonds. The van der Waals surface area contributed by atoms with Crippen molar-refractivity contribution in [3.63, 3.8) is 0 Å². The minimum absolute atomic E-state index is 0.138. The highest BCUT2D eigenvalue weighted by Crippen LogP contribution is 2.18. The SMILES string of the molecule is CN([C]N(C)C(C)(C)C)C(C)(C)C. The predicted octanol–water partition coefficient (Wildman–Crippen LogP) is 2.44. The Hall–Kier alpha value is -0.0800. The monoisotopic (exact) mass is 184 g/mol. The van der Waals surface area contributed by atoms with Crippen molar-refractivity contribution in [1.29, 1.82) is 0 Å². The van der Waals surface area contributed by atoms with Gasteiger partial charge < -0.3 is 0 Å². The van der Waals surface area contributed by atoms with Crippen LogP contribution >= 0.6 is 0 Å². The van der Waals surface area contributed by atoms with Crippen molar-refractivity contribution in [1.82, 2.24) is 9.80 Å². The van der Waals surface area contributed by atoms with Gasteiger partial charge in [-0.2, -0.15) is 0 Å². The molecule has 0 aliphatic heterocycles. The molecule has 0 fully saturated rings. The summed E-state index contributed by atoms with van der Waals surface area (Å²) in [6, 6.07) is 0. The molecule has 0 saturated heterocycles. The molecule has 2 heteroatoms. The minimum Gasteiger partial charge on any atom is -0.278 e. The summed E-state index contributed by atoms with van der Waals surface area (Å²) in [5, 5.41) is 0. The molecule has 0 heterocycles. The van der Waals surface area contributed by atoms with E-state index in [4.69, 9.17) is 0 Å². The Bertz CT molecular complexity index is 132. The molecule has 0 bridgehead atoms. The number of nitrogens with zero attached hydrogens (tertiary/aromatic N) is 2. The molecule has 2 nitrogen and oxygen atoms in total. The van der Waals surface area contributed by atoms with Crippen LogP contribution in [0.2, 0.25) is 0 Å². The van der Waals surface area contributed by atoms with E-state index in [2.05, 4.69) is 72.1 Å². The average molecular weight is 184 g/mol. The fraction of sp³-hybridized carbons (Fsp3) is 0.909. The second-order valence-electron chi connectivity index (χ2n) is 5.56. The van der Waals surface area contributed by atoms with E-state index in [1.165, 1.54) is 0 Å². The van der Waals surface area contributed by atoms with Crippen molar-refractivity contribution < 1.29 is 0 Å². The summed E-state index contributed by atoms with van der Waals surface area (Å²) in [6.07, 6.45) is 0. The lowest BCUT2D eigenvalue weighted by atomic mass is 10.1. The molecule has 0 saturated carbocycles. The Morgan fingerprint density at radius 2 is 0.923 bits per heavy atom. The van der Waals surface area contributed by atoms with Crippen LogP contribution in [0, 0.1) is 6.67 Å². The van der Waals surface area contributed by atoms with E-state index in [9.17, 15) is 0 Å². The second kappa shape index (κ2) is 3.97. The van der Waals surface area contributed by atoms with Gasteiger partial charge in [0.05, 0.1) is 0 Å². The van der Waals surface area contributed by atoms with Crippen LogP contribution < -0.4 is 0 Å². The maximum absolute atomic E-state index is 3.33. The van der Waals surface area contributed by atoms with Crippen LogP contribution in [0.5, 0.6) is 0 Å². The molecule has 0 atom stereocenters. The van der Waals surface area contributed by atoms with Crippen molar-refractivity contribution in [2.24, 2.45) is 0 Å². The summed E-state index contributed by atoms with van der Waals surface area (Å²) in [5.41, 5.74) is 0.277. The maximum Gasteiger partial charge on any atom is 0.146 e. The molecule has 0 aliphatic carbocycles. The average Bonchev–Trinajstić information content (AvgIpc) is 1.82. The Morgan fingerprint density at radius 1 is 0.692 bits per heavy atom. The maximum atomic E-state index is 3.33. The third-order valence-corrected chi connectivity index (χ3v) is 2.31.